The van der Waals surface area contributed by atoms with Crippen LogP contribution >= 0.6 is 11.8 Å². The third-order valence-electron chi connectivity index (χ3n) is 6.11. The van der Waals surface area contributed by atoms with Crippen LogP contribution in [0.25, 0.3) is 0 Å². The van der Waals surface area contributed by atoms with Gasteiger partial charge in [0.1, 0.15) is 5.75 Å². The van der Waals surface area contributed by atoms with Crippen LogP contribution in [0.5, 0.6) is 5.75 Å². The number of aliphatic hydroxyl groups excluding tert-OH is 1. The molecule has 1 unspecified atom stereocenters. The van der Waals surface area contributed by atoms with Crippen molar-refractivity contribution in [1.29, 1.82) is 0 Å². The molecule has 1 saturated heterocycles. The van der Waals surface area contributed by atoms with Crippen molar-refractivity contribution in [2.75, 3.05) is 92.0 Å². The van der Waals surface area contributed by atoms with E-state index < -0.39 is 10.0 Å². The third kappa shape index (κ3) is 10.1. The SMILES string of the molecule is CCOCC(CSC)N(CC)S(=O)(=O)c1c(C)cc(OC)cc1C.COCCN1CCN(CO)CC1. The zero-order chi connectivity index (χ0) is 27.1. The van der Waals surface area contributed by atoms with Gasteiger partial charge in [-0.15, -0.1) is 0 Å². The summed E-state index contributed by atoms with van der Waals surface area (Å²) < 4.78 is 43.9. The first kappa shape index (κ1) is 33.1. The van der Waals surface area contributed by atoms with E-state index in [1.165, 1.54) is 0 Å². The normalized spacial score (nSPS) is 16.0. The molecule has 0 saturated carbocycles. The van der Waals surface area contributed by atoms with Gasteiger partial charge in [-0.3, -0.25) is 9.80 Å². The topological polar surface area (TPSA) is 91.8 Å². The lowest BCUT2D eigenvalue weighted by Gasteiger charge is -2.33. The van der Waals surface area contributed by atoms with Crippen molar-refractivity contribution < 1.29 is 27.7 Å². The number of rotatable bonds is 14. The summed E-state index contributed by atoms with van der Waals surface area (Å²) in [6, 6.07) is 3.34. The van der Waals surface area contributed by atoms with Gasteiger partial charge in [-0.1, -0.05) is 6.92 Å². The van der Waals surface area contributed by atoms with Crippen LogP contribution in [-0.2, 0) is 19.5 Å². The molecule has 1 fully saturated rings. The molecule has 0 aromatic heterocycles. The monoisotopic (exact) mass is 549 g/mol. The number of sulfonamides is 1. The van der Waals surface area contributed by atoms with Crippen molar-refractivity contribution in [3.05, 3.63) is 23.3 Å². The lowest BCUT2D eigenvalue weighted by atomic mass is 10.1. The number of piperazine rings is 1. The van der Waals surface area contributed by atoms with Crippen LogP contribution in [0.1, 0.15) is 25.0 Å². The standard InChI is InChI=1S/C17H29NO4S2.C8H18N2O2/c1-7-18(15(12-23-6)11-22-8-2)24(19,20)17-13(3)9-16(21-5)10-14(17)4;1-12-7-6-9-2-4-10(8-11)5-3-9/h9-10,15H,7-8,11-12H2,1-6H3;11H,2-8H2,1H3. The molecule has 1 aliphatic heterocycles. The van der Waals surface area contributed by atoms with Gasteiger partial charge >= 0.3 is 0 Å². The lowest BCUT2D eigenvalue weighted by molar-refractivity contribution is 0.0444. The second-order valence-corrected chi connectivity index (χ2v) is 11.4. The Hall–Kier alpha value is -0.920. The Morgan fingerprint density at radius 1 is 1.08 bits per heavy atom. The number of hydrogen-bond acceptors (Lipinski definition) is 9. The molecule has 0 aliphatic carbocycles. The summed E-state index contributed by atoms with van der Waals surface area (Å²) in [4.78, 5) is 4.77. The molecule has 1 aromatic carbocycles. The lowest BCUT2D eigenvalue weighted by Crippen LogP contribution is -2.47. The highest BCUT2D eigenvalue weighted by atomic mass is 32.2. The Bertz CT molecular complexity index is 825. The summed E-state index contributed by atoms with van der Waals surface area (Å²) in [5.74, 6) is 1.36. The van der Waals surface area contributed by atoms with Gasteiger partial charge in [0.15, 0.2) is 0 Å². The second kappa shape index (κ2) is 17.6. The van der Waals surface area contributed by atoms with Crippen molar-refractivity contribution in [2.24, 2.45) is 0 Å². The van der Waals surface area contributed by atoms with Crippen LogP contribution in [0.2, 0.25) is 0 Å². The van der Waals surface area contributed by atoms with E-state index in [0.717, 1.165) is 39.3 Å². The van der Waals surface area contributed by atoms with Crippen molar-refractivity contribution in [1.82, 2.24) is 14.1 Å². The molecule has 0 radical (unpaired) electrons. The molecule has 1 heterocycles. The predicted molar refractivity (Wildman–Crippen MR) is 148 cm³/mol. The molecular weight excluding hydrogens is 502 g/mol. The molecule has 1 aromatic rings. The average Bonchev–Trinajstić information content (AvgIpc) is 2.86. The summed E-state index contributed by atoms with van der Waals surface area (Å²) in [5, 5.41) is 8.84. The number of thioether (sulfide) groups is 1. The molecule has 2 rings (SSSR count). The number of ether oxygens (including phenoxy) is 3. The van der Waals surface area contributed by atoms with Gasteiger partial charge in [0.05, 0.1) is 38.0 Å². The zero-order valence-corrected chi connectivity index (χ0v) is 24.8. The molecular formula is C25H47N3O6S2. The Balaban J connectivity index is 0.000000450. The minimum atomic E-state index is -3.60. The first-order chi connectivity index (χ1) is 17.2. The largest absolute Gasteiger partial charge is 0.497 e. The van der Waals surface area contributed by atoms with E-state index in [2.05, 4.69) is 4.90 Å². The van der Waals surface area contributed by atoms with Crippen LogP contribution in [0.4, 0.5) is 0 Å². The van der Waals surface area contributed by atoms with Gasteiger partial charge in [0.2, 0.25) is 10.0 Å². The van der Waals surface area contributed by atoms with Gasteiger partial charge < -0.3 is 19.3 Å². The van der Waals surface area contributed by atoms with Gasteiger partial charge in [-0.05, 0) is 50.3 Å². The number of likely N-dealkylation sites (N-methyl/N-ethyl adjacent to an activating group) is 1. The Kier molecular flexibility index (Phi) is 16.2. The maximum atomic E-state index is 13.3. The van der Waals surface area contributed by atoms with E-state index in [-0.39, 0.29) is 12.8 Å². The molecule has 210 valence electrons. The summed E-state index contributed by atoms with van der Waals surface area (Å²) in [6.07, 6.45) is 1.98. The summed E-state index contributed by atoms with van der Waals surface area (Å²) >= 11 is 1.62. The molecule has 0 bridgehead atoms. The number of nitrogens with zero attached hydrogens (tertiary/aromatic N) is 3. The highest BCUT2D eigenvalue weighted by Gasteiger charge is 2.32. The summed E-state index contributed by atoms with van der Waals surface area (Å²) in [6.45, 7) is 14.8. The minimum Gasteiger partial charge on any atom is -0.497 e. The van der Waals surface area contributed by atoms with Crippen molar-refractivity contribution in [3.63, 3.8) is 0 Å². The smallest absolute Gasteiger partial charge is 0.243 e. The molecule has 9 nitrogen and oxygen atoms in total. The Morgan fingerprint density at radius 3 is 2.11 bits per heavy atom. The molecule has 36 heavy (non-hydrogen) atoms. The number of methoxy groups -OCH3 is 2. The number of aryl methyl sites for hydroxylation is 2. The summed E-state index contributed by atoms with van der Waals surface area (Å²) in [5.41, 5.74) is 1.40. The molecule has 0 spiro atoms. The third-order valence-corrected chi connectivity index (χ3v) is 9.16. The zero-order valence-electron chi connectivity index (χ0n) is 23.2. The van der Waals surface area contributed by atoms with E-state index in [1.807, 2.05) is 38.9 Å². The maximum absolute atomic E-state index is 13.3. The fraction of sp³-hybridized carbons (Fsp3) is 0.760. The molecule has 1 aliphatic rings. The maximum Gasteiger partial charge on any atom is 0.243 e. The van der Waals surface area contributed by atoms with E-state index in [1.54, 1.807) is 42.4 Å². The van der Waals surface area contributed by atoms with Gasteiger partial charge in [-0.25, -0.2) is 8.42 Å². The predicted octanol–water partition coefficient (Wildman–Crippen LogP) is 2.29. The van der Waals surface area contributed by atoms with Gasteiger partial charge in [0.25, 0.3) is 0 Å². The van der Waals surface area contributed by atoms with E-state index in [0.29, 0.717) is 47.3 Å². The summed E-state index contributed by atoms with van der Waals surface area (Å²) in [7, 11) is -0.298. The van der Waals surface area contributed by atoms with Crippen molar-refractivity contribution >= 4 is 21.8 Å². The molecule has 11 heteroatoms. The van der Waals surface area contributed by atoms with E-state index in [4.69, 9.17) is 19.3 Å². The van der Waals surface area contributed by atoms with Crippen LogP contribution < -0.4 is 4.74 Å². The van der Waals surface area contributed by atoms with Gasteiger partial charge in [0, 0.05) is 58.7 Å². The van der Waals surface area contributed by atoms with Crippen LogP contribution in [0.15, 0.2) is 17.0 Å². The fourth-order valence-electron chi connectivity index (χ4n) is 4.21. The Labute approximate surface area is 223 Å². The molecule has 1 N–H and O–H groups in total. The highest BCUT2D eigenvalue weighted by molar-refractivity contribution is 7.98. The fourth-order valence-corrected chi connectivity index (χ4v) is 7.00. The second-order valence-electron chi connectivity index (χ2n) is 8.66. The highest BCUT2D eigenvalue weighted by Crippen LogP contribution is 2.29. The first-order valence-electron chi connectivity index (χ1n) is 12.5. The Morgan fingerprint density at radius 2 is 1.67 bits per heavy atom. The van der Waals surface area contributed by atoms with Crippen molar-refractivity contribution in [3.8, 4) is 5.75 Å². The molecule has 0 amide bonds. The quantitative estimate of drug-likeness (QED) is 0.375. The van der Waals surface area contributed by atoms with Crippen LogP contribution in [0, 0.1) is 13.8 Å². The van der Waals surface area contributed by atoms with Crippen LogP contribution in [-0.4, -0.2) is 126 Å². The average molecular weight is 550 g/mol. The minimum absolute atomic E-state index is 0.184. The van der Waals surface area contributed by atoms with Crippen molar-refractivity contribution in [2.45, 2.75) is 38.6 Å². The first-order valence-corrected chi connectivity index (χ1v) is 15.3. The van der Waals surface area contributed by atoms with E-state index >= 15 is 0 Å². The number of benzene rings is 1. The number of hydrogen-bond donors (Lipinski definition) is 1. The van der Waals surface area contributed by atoms with Gasteiger partial charge in [-0.2, -0.15) is 16.1 Å². The van der Waals surface area contributed by atoms with Crippen LogP contribution in [0.3, 0.4) is 0 Å². The van der Waals surface area contributed by atoms with E-state index in [9.17, 15) is 8.42 Å². The molecule has 1 atom stereocenters. The number of aliphatic hydroxyl groups is 1.